The largest absolute Gasteiger partial charge is 0.573 e. The molecule has 1 unspecified atom stereocenters. The van der Waals surface area contributed by atoms with E-state index >= 15 is 0 Å². The van der Waals surface area contributed by atoms with Crippen LogP contribution in [-0.2, 0) is 16.0 Å². The number of H-pyrrole nitrogens is 1. The monoisotopic (exact) mass is 488 g/mol. The second-order valence-corrected chi connectivity index (χ2v) is 8.63. The lowest BCUT2D eigenvalue weighted by Crippen LogP contribution is -2.52. The van der Waals surface area contributed by atoms with E-state index in [1.54, 1.807) is 12.1 Å². The maximum absolute atomic E-state index is 13.1. The van der Waals surface area contributed by atoms with Crippen molar-refractivity contribution in [2.24, 2.45) is 0 Å². The molecule has 4 rings (SSSR count). The Morgan fingerprint density at radius 2 is 1.80 bits per heavy atom. The van der Waals surface area contributed by atoms with Crippen LogP contribution in [0.15, 0.2) is 54.7 Å². The quantitative estimate of drug-likeness (QED) is 0.471. The third-order valence-corrected chi connectivity index (χ3v) is 6.07. The first-order valence-electron chi connectivity index (χ1n) is 11.4. The summed E-state index contributed by atoms with van der Waals surface area (Å²) in [5, 5.41) is 6.83. The maximum atomic E-state index is 13.1. The topological polar surface area (TPSA) is 86.5 Å². The third-order valence-electron chi connectivity index (χ3n) is 6.07. The van der Waals surface area contributed by atoms with E-state index in [0.717, 1.165) is 22.2 Å². The van der Waals surface area contributed by atoms with Crippen LogP contribution in [0.5, 0.6) is 5.75 Å². The van der Waals surface area contributed by atoms with Crippen molar-refractivity contribution in [3.05, 3.63) is 60.3 Å². The number of aromatic amines is 1. The summed E-state index contributed by atoms with van der Waals surface area (Å²) < 4.78 is 41.0. The molecule has 1 aliphatic rings. The Balaban J connectivity index is 1.33. The zero-order chi connectivity index (χ0) is 25.0. The van der Waals surface area contributed by atoms with Gasteiger partial charge in [0.15, 0.2) is 0 Å². The molecule has 2 amide bonds. The van der Waals surface area contributed by atoms with Crippen LogP contribution >= 0.6 is 0 Å². The fourth-order valence-corrected chi connectivity index (χ4v) is 4.42. The molecule has 186 valence electrons. The van der Waals surface area contributed by atoms with E-state index in [-0.39, 0.29) is 23.6 Å². The van der Waals surface area contributed by atoms with Crippen molar-refractivity contribution in [1.82, 2.24) is 15.6 Å². The van der Waals surface area contributed by atoms with Crippen molar-refractivity contribution < 1.29 is 27.5 Å². The molecule has 1 fully saturated rings. The lowest BCUT2D eigenvalue weighted by atomic mass is 10.0. The van der Waals surface area contributed by atoms with E-state index < -0.39 is 12.4 Å². The number of benzene rings is 2. The summed E-state index contributed by atoms with van der Waals surface area (Å²) >= 11 is 0. The summed E-state index contributed by atoms with van der Waals surface area (Å²) in [5.41, 5.74) is 2.71. The molecule has 0 bridgehead atoms. The number of para-hydroxylation sites is 1. The first-order valence-corrected chi connectivity index (χ1v) is 11.4. The molecule has 10 heteroatoms. The molecule has 2 aromatic carbocycles. The number of alkyl halides is 3. The summed E-state index contributed by atoms with van der Waals surface area (Å²) in [7, 11) is 0. The minimum absolute atomic E-state index is 0.0641. The Morgan fingerprint density at radius 3 is 2.46 bits per heavy atom. The number of ether oxygens (including phenoxy) is 1. The summed E-state index contributed by atoms with van der Waals surface area (Å²) in [6.45, 7) is 2.66. The average molecular weight is 489 g/mol. The highest BCUT2D eigenvalue weighted by atomic mass is 19.4. The van der Waals surface area contributed by atoms with Gasteiger partial charge in [-0.2, -0.15) is 0 Å². The van der Waals surface area contributed by atoms with Gasteiger partial charge in [0.1, 0.15) is 11.8 Å². The van der Waals surface area contributed by atoms with Gasteiger partial charge in [-0.05, 0) is 48.7 Å². The number of rotatable bonds is 7. The molecular weight excluding hydrogens is 461 g/mol. The first kappa shape index (κ1) is 24.4. The van der Waals surface area contributed by atoms with Crippen LogP contribution in [0, 0.1) is 0 Å². The zero-order valence-corrected chi connectivity index (χ0v) is 19.2. The molecule has 0 saturated carbocycles. The van der Waals surface area contributed by atoms with Crippen LogP contribution in [0.1, 0.15) is 25.3 Å². The molecule has 7 nitrogen and oxygen atoms in total. The Kier molecular flexibility index (Phi) is 7.18. The van der Waals surface area contributed by atoms with Crippen LogP contribution in [0.4, 0.5) is 18.9 Å². The fraction of sp³-hybridized carbons (Fsp3) is 0.360. The lowest BCUT2D eigenvalue weighted by molar-refractivity contribution is -0.274. The van der Waals surface area contributed by atoms with Gasteiger partial charge >= 0.3 is 6.36 Å². The molecule has 3 N–H and O–H groups in total. The Hall–Kier alpha value is -3.69. The van der Waals surface area contributed by atoms with Crippen LogP contribution in [0.25, 0.3) is 10.9 Å². The van der Waals surface area contributed by atoms with Crippen molar-refractivity contribution in [3.8, 4) is 5.75 Å². The van der Waals surface area contributed by atoms with Gasteiger partial charge in [0.2, 0.25) is 11.8 Å². The molecule has 1 aromatic heterocycles. The van der Waals surface area contributed by atoms with Crippen LogP contribution in [-0.4, -0.2) is 48.3 Å². The molecular formula is C25H27F3N4O3. The number of nitrogens with zero attached hydrogens (tertiary/aromatic N) is 1. The van der Waals surface area contributed by atoms with Gasteiger partial charge in [0, 0.05) is 55.3 Å². The number of fused-ring (bicyclic) bond motifs is 1. The molecule has 1 aliphatic heterocycles. The van der Waals surface area contributed by atoms with E-state index in [2.05, 4.69) is 25.3 Å². The molecule has 35 heavy (non-hydrogen) atoms. The molecule has 1 saturated heterocycles. The number of hydrogen-bond donors (Lipinski definition) is 3. The number of amides is 2. The van der Waals surface area contributed by atoms with Gasteiger partial charge < -0.3 is 25.3 Å². The summed E-state index contributed by atoms with van der Waals surface area (Å²) in [6, 6.07) is 12.8. The standard InChI is InChI=1S/C25H27F3N4O3/c1-16(33)30-23(14-17-15-29-22-5-3-2-4-21(17)22)24(34)31-18-10-12-32(13-11-18)19-6-8-20(9-7-19)35-25(26,27)28/h2-9,15,18,23,29H,10-14H2,1H3,(H,30,33)(H,31,34). The predicted octanol–water partition coefficient (Wildman–Crippen LogP) is 3.90. The molecule has 0 radical (unpaired) electrons. The second kappa shape index (κ2) is 10.3. The highest BCUT2D eigenvalue weighted by Crippen LogP contribution is 2.27. The maximum Gasteiger partial charge on any atom is 0.573 e. The molecule has 0 aliphatic carbocycles. The molecule has 0 spiro atoms. The van der Waals surface area contributed by atoms with Crippen molar-refractivity contribution >= 4 is 28.4 Å². The zero-order valence-electron chi connectivity index (χ0n) is 19.2. The Labute approximate surface area is 200 Å². The minimum Gasteiger partial charge on any atom is -0.406 e. The number of anilines is 1. The van der Waals surface area contributed by atoms with E-state index in [4.69, 9.17) is 0 Å². The third kappa shape index (κ3) is 6.46. The van der Waals surface area contributed by atoms with Crippen molar-refractivity contribution in [2.75, 3.05) is 18.0 Å². The number of nitrogens with one attached hydrogen (secondary N) is 3. The molecule has 3 aromatic rings. The van der Waals surface area contributed by atoms with Gasteiger partial charge in [-0.3, -0.25) is 9.59 Å². The fourth-order valence-electron chi connectivity index (χ4n) is 4.42. The van der Waals surface area contributed by atoms with Gasteiger partial charge in [0.05, 0.1) is 0 Å². The van der Waals surface area contributed by atoms with E-state index in [0.29, 0.717) is 32.4 Å². The molecule has 1 atom stereocenters. The van der Waals surface area contributed by atoms with Gasteiger partial charge in [-0.25, -0.2) is 0 Å². The van der Waals surface area contributed by atoms with E-state index in [1.165, 1.54) is 19.1 Å². The number of hydrogen-bond acceptors (Lipinski definition) is 4. The highest BCUT2D eigenvalue weighted by Gasteiger charge is 2.31. The van der Waals surface area contributed by atoms with Gasteiger partial charge in [-0.15, -0.1) is 13.2 Å². The second-order valence-electron chi connectivity index (χ2n) is 8.63. The minimum atomic E-state index is -4.72. The van der Waals surface area contributed by atoms with Crippen molar-refractivity contribution in [2.45, 2.75) is 44.6 Å². The van der Waals surface area contributed by atoms with Crippen molar-refractivity contribution in [1.29, 1.82) is 0 Å². The van der Waals surface area contributed by atoms with Crippen LogP contribution < -0.4 is 20.3 Å². The number of aromatic nitrogens is 1. The number of carbonyl (C=O) groups excluding carboxylic acids is 2. The Morgan fingerprint density at radius 1 is 1.11 bits per heavy atom. The summed E-state index contributed by atoms with van der Waals surface area (Å²) in [5.74, 6) is -0.780. The summed E-state index contributed by atoms with van der Waals surface area (Å²) in [6.07, 6.45) is -1.16. The normalized spacial score (nSPS) is 15.6. The van der Waals surface area contributed by atoms with Gasteiger partial charge in [0.25, 0.3) is 0 Å². The predicted molar refractivity (Wildman–Crippen MR) is 126 cm³/mol. The van der Waals surface area contributed by atoms with Crippen molar-refractivity contribution in [3.63, 3.8) is 0 Å². The smallest absolute Gasteiger partial charge is 0.406 e. The van der Waals surface area contributed by atoms with Crippen LogP contribution in [0.3, 0.4) is 0 Å². The van der Waals surface area contributed by atoms with E-state index in [1.807, 2.05) is 30.5 Å². The highest BCUT2D eigenvalue weighted by molar-refractivity contribution is 5.89. The SMILES string of the molecule is CC(=O)NC(Cc1c[nH]c2ccccc12)C(=O)NC1CCN(c2ccc(OC(F)(F)F)cc2)CC1. The molecule has 2 heterocycles. The number of carbonyl (C=O) groups is 2. The van der Waals surface area contributed by atoms with E-state index in [9.17, 15) is 22.8 Å². The number of halogens is 3. The number of piperidine rings is 1. The Bertz CT molecular complexity index is 1170. The van der Waals surface area contributed by atoms with Gasteiger partial charge in [-0.1, -0.05) is 18.2 Å². The first-order chi connectivity index (χ1) is 16.7. The summed E-state index contributed by atoms with van der Waals surface area (Å²) in [4.78, 5) is 30.1. The van der Waals surface area contributed by atoms with Crippen LogP contribution in [0.2, 0.25) is 0 Å². The average Bonchev–Trinajstić information content (AvgIpc) is 3.21. The lowest BCUT2D eigenvalue weighted by Gasteiger charge is -2.34.